The number of carbonyl (C=O) groups is 2. The van der Waals surface area contributed by atoms with Gasteiger partial charge in [-0.15, -0.1) is 0 Å². The molecule has 2 heterocycles. The van der Waals surface area contributed by atoms with Gasteiger partial charge in [0.15, 0.2) is 4.80 Å². The summed E-state index contributed by atoms with van der Waals surface area (Å²) in [6.07, 6.45) is 3.19. The van der Waals surface area contributed by atoms with E-state index in [0.717, 1.165) is 0 Å². The van der Waals surface area contributed by atoms with Gasteiger partial charge in [0, 0.05) is 18.6 Å². The Labute approximate surface area is 222 Å². The normalized spacial score (nSPS) is 14.8. The van der Waals surface area contributed by atoms with Gasteiger partial charge < -0.3 is 18.9 Å². The van der Waals surface area contributed by atoms with Crippen molar-refractivity contribution in [3.63, 3.8) is 0 Å². The molecule has 1 aromatic heterocycles. The molecule has 0 bridgehead atoms. The van der Waals surface area contributed by atoms with Crippen molar-refractivity contribution in [1.29, 1.82) is 0 Å². The number of methoxy groups -OCH3 is 2. The Bertz CT molecular complexity index is 1610. The van der Waals surface area contributed by atoms with Crippen LogP contribution < -0.4 is 29.1 Å². The Morgan fingerprint density at radius 1 is 1.11 bits per heavy atom. The number of hydrogen-bond donors (Lipinski definition) is 0. The number of rotatable bonds is 8. The van der Waals surface area contributed by atoms with E-state index >= 15 is 0 Å². The molecular weight excluding hydrogens is 508 g/mol. The molecule has 0 aliphatic carbocycles. The first-order valence-electron chi connectivity index (χ1n) is 11.6. The topological polar surface area (TPSA) is 105 Å². The molecule has 1 aliphatic heterocycles. The van der Waals surface area contributed by atoms with Gasteiger partial charge >= 0.3 is 11.9 Å². The molecule has 196 valence electrons. The van der Waals surface area contributed by atoms with Gasteiger partial charge in [0.25, 0.3) is 5.56 Å². The summed E-state index contributed by atoms with van der Waals surface area (Å²) in [5.41, 5.74) is 1.64. The molecular formula is C28H26N2O7S. The van der Waals surface area contributed by atoms with Gasteiger partial charge in [-0.25, -0.2) is 9.79 Å². The Morgan fingerprint density at radius 3 is 2.45 bits per heavy atom. The van der Waals surface area contributed by atoms with Crippen LogP contribution in [0.3, 0.4) is 0 Å². The quantitative estimate of drug-likeness (QED) is 0.249. The van der Waals surface area contributed by atoms with Gasteiger partial charge in [-0.05, 0) is 42.8 Å². The summed E-state index contributed by atoms with van der Waals surface area (Å²) in [4.78, 5) is 43.3. The second-order valence-electron chi connectivity index (χ2n) is 8.24. The highest BCUT2D eigenvalue weighted by atomic mass is 32.1. The van der Waals surface area contributed by atoms with E-state index in [4.69, 9.17) is 18.9 Å². The molecule has 4 rings (SSSR count). The first kappa shape index (κ1) is 26.6. The van der Waals surface area contributed by atoms with Crippen LogP contribution in [0.15, 0.2) is 76.2 Å². The average Bonchev–Trinajstić information content (AvgIpc) is 3.20. The van der Waals surface area contributed by atoms with Crippen molar-refractivity contribution in [3.05, 3.63) is 97.2 Å². The molecule has 3 aromatic rings. The number of aromatic nitrogens is 1. The standard InChI is InChI=1S/C28H26N2O7S/c1-6-13-36-27(33)24-16(2)29-28-30(25(24)18-7-10-20(11-8-18)37-17(3)31)26(32)23(38-28)14-19-9-12-21(34-4)15-22(19)35-5/h6-12,14-15,25H,1,13H2,2-5H3. The van der Waals surface area contributed by atoms with Gasteiger partial charge in [0.1, 0.15) is 23.9 Å². The van der Waals surface area contributed by atoms with E-state index in [1.807, 2.05) is 0 Å². The van der Waals surface area contributed by atoms with Crippen LogP contribution in [0.5, 0.6) is 17.2 Å². The van der Waals surface area contributed by atoms with E-state index in [1.54, 1.807) is 62.6 Å². The molecule has 1 aliphatic rings. The summed E-state index contributed by atoms with van der Waals surface area (Å²) in [5.74, 6) is 0.445. The zero-order valence-corrected chi connectivity index (χ0v) is 22.2. The maximum absolute atomic E-state index is 13.8. The lowest BCUT2D eigenvalue weighted by Crippen LogP contribution is -2.39. The molecule has 38 heavy (non-hydrogen) atoms. The number of esters is 2. The fourth-order valence-corrected chi connectivity index (χ4v) is 5.11. The van der Waals surface area contributed by atoms with Crippen LogP contribution >= 0.6 is 11.3 Å². The molecule has 1 unspecified atom stereocenters. The number of hydrogen-bond acceptors (Lipinski definition) is 9. The minimum absolute atomic E-state index is 0.00933. The largest absolute Gasteiger partial charge is 0.497 e. The molecule has 0 spiro atoms. The highest BCUT2D eigenvalue weighted by Crippen LogP contribution is 2.32. The Balaban J connectivity index is 1.90. The number of nitrogens with zero attached hydrogens (tertiary/aromatic N) is 2. The summed E-state index contributed by atoms with van der Waals surface area (Å²) >= 11 is 1.20. The SMILES string of the molecule is C=CCOC(=O)C1=C(C)N=c2sc(=Cc3ccc(OC)cc3OC)c(=O)n2C1c1ccc(OC(C)=O)cc1. The lowest BCUT2D eigenvalue weighted by molar-refractivity contribution is -0.138. The molecule has 0 saturated carbocycles. The molecule has 0 radical (unpaired) electrons. The maximum atomic E-state index is 13.8. The summed E-state index contributed by atoms with van der Waals surface area (Å²) in [6.45, 7) is 6.61. The minimum atomic E-state index is -0.810. The van der Waals surface area contributed by atoms with Crippen molar-refractivity contribution < 1.29 is 28.5 Å². The molecule has 1 atom stereocenters. The number of ether oxygens (including phenoxy) is 4. The third kappa shape index (κ3) is 5.30. The average molecular weight is 535 g/mol. The first-order valence-corrected chi connectivity index (χ1v) is 12.4. The van der Waals surface area contributed by atoms with Crippen LogP contribution in [-0.4, -0.2) is 37.3 Å². The van der Waals surface area contributed by atoms with Crippen molar-refractivity contribution in [2.45, 2.75) is 19.9 Å². The number of carbonyl (C=O) groups excluding carboxylic acids is 2. The second-order valence-corrected chi connectivity index (χ2v) is 9.25. The molecule has 0 N–H and O–H groups in total. The third-order valence-corrected chi connectivity index (χ3v) is 6.74. The van der Waals surface area contributed by atoms with E-state index in [1.165, 1.54) is 36.0 Å². The number of allylic oxidation sites excluding steroid dienone is 1. The second kappa shape index (κ2) is 11.3. The van der Waals surface area contributed by atoms with Crippen LogP contribution in [0.4, 0.5) is 0 Å². The van der Waals surface area contributed by atoms with Crippen molar-refractivity contribution in [2.24, 2.45) is 4.99 Å². The molecule has 0 saturated heterocycles. The Kier molecular flexibility index (Phi) is 7.92. The lowest BCUT2D eigenvalue weighted by Gasteiger charge is -2.24. The monoisotopic (exact) mass is 534 g/mol. The van der Waals surface area contributed by atoms with Crippen molar-refractivity contribution in [1.82, 2.24) is 4.57 Å². The van der Waals surface area contributed by atoms with Crippen LogP contribution in [0.2, 0.25) is 0 Å². The first-order chi connectivity index (χ1) is 18.3. The number of benzene rings is 2. The fourth-order valence-electron chi connectivity index (χ4n) is 4.07. The highest BCUT2D eigenvalue weighted by molar-refractivity contribution is 7.07. The van der Waals surface area contributed by atoms with Crippen molar-refractivity contribution >= 4 is 29.4 Å². The zero-order chi connectivity index (χ0) is 27.4. The zero-order valence-electron chi connectivity index (χ0n) is 21.3. The predicted molar refractivity (Wildman–Crippen MR) is 142 cm³/mol. The summed E-state index contributed by atoms with van der Waals surface area (Å²) < 4.78 is 23.1. The number of fused-ring (bicyclic) bond motifs is 1. The van der Waals surface area contributed by atoms with E-state index in [2.05, 4.69) is 11.6 Å². The van der Waals surface area contributed by atoms with Crippen LogP contribution in [0, 0.1) is 0 Å². The van der Waals surface area contributed by atoms with E-state index in [9.17, 15) is 14.4 Å². The van der Waals surface area contributed by atoms with Gasteiger partial charge in [0.2, 0.25) is 0 Å². The minimum Gasteiger partial charge on any atom is -0.497 e. The maximum Gasteiger partial charge on any atom is 0.338 e. The van der Waals surface area contributed by atoms with Crippen molar-refractivity contribution in [3.8, 4) is 17.2 Å². The van der Waals surface area contributed by atoms with E-state index < -0.39 is 18.0 Å². The predicted octanol–water partition coefficient (Wildman–Crippen LogP) is 2.91. The molecule has 2 aromatic carbocycles. The van der Waals surface area contributed by atoms with Crippen LogP contribution in [0.25, 0.3) is 6.08 Å². The molecule has 10 heteroatoms. The van der Waals surface area contributed by atoms with Gasteiger partial charge in [0.05, 0.1) is 36.1 Å². The number of thiazole rings is 1. The fraction of sp³-hybridized carbons (Fsp3) is 0.214. The molecule has 0 fully saturated rings. The molecule has 0 amide bonds. The highest BCUT2D eigenvalue weighted by Gasteiger charge is 2.33. The van der Waals surface area contributed by atoms with E-state index in [-0.39, 0.29) is 17.7 Å². The lowest BCUT2D eigenvalue weighted by atomic mass is 9.96. The molecule has 9 nitrogen and oxygen atoms in total. The van der Waals surface area contributed by atoms with E-state index in [0.29, 0.717) is 43.4 Å². The van der Waals surface area contributed by atoms with Gasteiger partial charge in [-0.1, -0.05) is 36.1 Å². The third-order valence-electron chi connectivity index (χ3n) is 5.76. The van der Waals surface area contributed by atoms with Crippen LogP contribution in [0.1, 0.15) is 31.0 Å². The Hall–Kier alpha value is -4.44. The summed E-state index contributed by atoms with van der Waals surface area (Å²) in [7, 11) is 3.10. The summed E-state index contributed by atoms with van der Waals surface area (Å²) in [5, 5.41) is 0. The Morgan fingerprint density at radius 2 is 1.82 bits per heavy atom. The van der Waals surface area contributed by atoms with Crippen molar-refractivity contribution in [2.75, 3.05) is 20.8 Å². The summed E-state index contributed by atoms with van der Waals surface area (Å²) in [6, 6.07) is 11.1. The van der Waals surface area contributed by atoms with Gasteiger partial charge in [-0.3, -0.25) is 14.2 Å². The van der Waals surface area contributed by atoms with Gasteiger partial charge in [-0.2, -0.15) is 0 Å². The smallest absolute Gasteiger partial charge is 0.338 e. The van der Waals surface area contributed by atoms with Crippen LogP contribution in [-0.2, 0) is 14.3 Å².